The van der Waals surface area contributed by atoms with Gasteiger partial charge in [-0.2, -0.15) is 4.83 Å². The van der Waals surface area contributed by atoms with Crippen LogP contribution in [0.3, 0.4) is 0 Å². The van der Waals surface area contributed by atoms with E-state index in [0.717, 1.165) is 23.3 Å². The highest BCUT2D eigenvalue weighted by Gasteiger charge is 2.00. The molecule has 2 aromatic rings. The molecule has 0 aliphatic rings. The summed E-state index contributed by atoms with van der Waals surface area (Å²) in [5, 5.41) is 0. The first-order valence-corrected chi connectivity index (χ1v) is 7.84. The quantitative estimate of drug-likeness (QED) is 0.331. The van der Waals surface area contributed by atoms with Crippen LogP contribution in [0.25, 0.3) is 11.4 Å². The zero-order valence-corrected chi connectivity index (χ0v) is 14.1. The molecule has 0 aromatic carbocycles. The van der Waals surface area contributed by atoms with Crippen molar-refractivity contribution in [3.63, 3.8) is 0 Å². The van der Waals surface area contributed by atoms with E-state index in [1.165, 1.54) is 0 Å². The molecule has 0 saturated carbocycles. The molecule has 0 radical (unpaired) electrons. The number of hydroxylamine groups is 1. The maximum Gasteiger partial charge on any atom is 0.331 e. The number of hydrogen-bond donors (Lipinski definition) is 3. The number of thiocarbonyl (C=S) groups is 1. The van der Waals surface area contributed by atoms with E-state index in [2.05, 4.69) is 37.3 Å². The summed E-state index contributed by atoms with van der Waals surface area (Å²) in [7, 11) is 0. The Balaban J connectivity index is 0.000000232. The van der Waals surface area contributed by atoms with E-state index in [4.69, 9.17) is 5.84 Å². The van der Waals surface area contributed by atoms with Gasteiger partial charge in [0.2, 0.25) is 0 Å². The van der Waals surface area contributed by atoms with E-state index < -0.39 is 0 Å². The average Bonchev–Trinajstić information content (AvgIpc) is 2.62. The lowest BCUT2D eigenvalue weighted by Crippen LogP contribution is -2.27. The maximum absolute atomic E-state index is 10.5. The van der Waals surface area contributed by atoms with Gasteiger partial charge in [0.1, 0.15) is 0 Å². The summed E-state index contributed by atoms with van der Waals surface area (Å²) in [5.74, 6) is 4.54. The van der Waals surface area contributed by atoms with E-state index in [1.54, 1.807) is 19.3 Å². The van der Waals surface area contributed by atoms with E-state index in [9.17, 15) is 4.79 Å². The van der Waals surface area contributed by atoms with Crippen LogP contribution in [0.2, 0.25) is 0 Å². The number of rotatable bonds is 3. The van der Waals surface area contributed by atoms with Crippen LogP contribution in [0.5, 0.6) is 0 Å². The number of nitrogens with one attached hydrogen (secondary N) is 2. The highest BCUT2D eigenvalue weighted by Crippen LogP contribution is 2.10. The first-order chi connectivity index (χ1) is 11.2. The van der Waals surface area contributed by atoms with Crippen molar-refractivity contribution in [2.45, 2.75) is 13.3 Å². The topological polar surface area (TPSA) is 102 Å². The van der Waals surface area contributed by atoms with Crippen LogP contribution in [0.15, 0.2) is 48.8 Å². The minimum Gasteiger partial charge on any atom is -0.342 e. The molecule has 23 heavy (non-hydrogen) atoms. The molecule has 0 unspecified atom stereocenters. The molecule has 0 bridgehead atoms. The number of nitrogens with two attached hydrogens (primary N) is 1. The number of carbonyl (C=O) groups is 1. The van der Waals surface area contributed by atoms with Crippen molar-refractivity contribution in [2.75, 3.05) is 0 Å². The predicted molar refractivity (Wildman–Crippen MR) is 94.5 cm³/mol. The van der Waals surface area contributed by atoms with Crippen molar-refractivity contribution in [2.24, 2.45) is 5.84 Å². The minimum atomic E-state index is -0.370. The molecule has 0 spiro atoms. The van der Waals surface area contributed by atoms with E-state index in [-0.39, 0.29) is 10.3 Å². The fourth-order valence-electron chi connectivity index (χ4n) is 1.27. The Hall–Kier alpha value is -2.07. The lowest BCUT2D eigenvalue weighted by atomic mass is 10.2. The molecule has 0 aliphatic carbocycles. The summed E-state index contributed by atoms with van der Waals surface area (Å²) in [6, 6.07) is 11.6. The molecule has 4 N–H and O–H groups in total. The maximum atomic E-state index is 10.5. The molecule has 2 rings (SSSR count). The third kappa shape index (κ3) is 8.21. The summed E-state index contributed by atoms with van der Waals surface area (Å²) in [6.45, 7) is 1.68. The van der Waals surface area contributed by atoms with Gasteiger partial charge in [-0.05, 0) is 36.5 Å². The van der Waals surface area contributed by atoms with Crippen molar-refractivity contribution < 1.29 is 9.63 Å². The SMILES string of the molecule is CCC(=O)ONC(=S)SNN.c1ccc(-c2ccccn2)nc1. The van der Waals surface area contributed by atoms with E-state index >= 15 is 0 Å². The monoisotopic (exact) mass is 351 g/mol. The number of hydrogen-bond acceptors (Lipinski definition) is 8. The summed E-state index contributed by atoms with van der Waals surface area (Å²) in [6.07, 6.45) is 3.84. The summed E-state index contributed by atoms with van der Waals surface area (Å²) < 4.78 is 0.259. The van der Waals surface area contributed by atoms with E-state index in [1.807, 2.05) is 36.4 Å². The zero-order chi connectivity index (χ0) is 16.9. The molecular formula is C14H17N5O2S2. The molecule has 2 heterocycles. The van der Waals surface area contributed by atoms with Gasteiger partial charge >= 0.3 is 5.97 Å². The number of nitrogens with zero attached hydrogens (tertiary/aromatic N) is 2. The fourth-order valence-corrected chi connectivity index (χ4v) is 1.65. The van der Waals surface area contributed by atoms with Crippen molar-refractivity contribution in [3.05, 3.63) is 48.8 Å². The molecule has 9 heteroatoms. The summed E-state index contributed by atoms with van der Waals surface area (Å²) in [5.41, 5.74) is 4.07. The van der Waals surface area contributed by atoms with Crippen LogP contribution in [0.4, 0.5) is 0 Å². The van der Waals surface area contributed by atoms with Gasteiger partial charge in [-0.1, -0.05) is 19.1 Å². The first kappa shape index (κ1) is 19.0. The van der Waals surface area contributed by atoms with Gasteiger partial charge in [-0.15, -0.1) is 0 Å². The molecule has 0 aliphatic heterocycles. The Bertz CT molecular complexity index is 561. The zero-order valence-electron chi connectivity index (χ0n) is 12.4. The highest BCUT2D eigenvalue weighted by atomic mass is 32.2. The number of pyridine rings is 2. The number of carbonyl (C=O) groups excluding carboxylic acids is 1. The Morgan fingerprint density at radius 2 is 1.78 bits per heavy atom. The second-order valence-electron chi connectivity index (χ2n) is 3.87. The number of aromatic nitrogens is 2. The largest absolute Gasteiger partial charge is 0.342 e. The summed E-state index contributed by atoms with van der Waals surface area (Å²) in [4.78, 5) is 25.6. The Kier molecular flexibility index (Phi) is 9.48. The van der Waals surface area contributed by atoms with Crippen molar-refractivity contribution >= 4 is 34.5 Å². The Labute approximate surface area is 144 Å². The van der Waals surface area contributed by atoms with Crippen LogP contribution < -0.4 is 16.2 Å². The van der Waals surface area contributed by atoms with Crippen LogP contribution in [-0.4, -0.2) is 20.3 Å². The third-order valence-corrected chi connectivity index (χ3v) is 3.00. The molecule has 7 nitrogen and oxygen atoms in total. The van der Waals surface area contributed by atoms with Crippen molar-refractivity contribution in [1.82, 2.24) is 20.3 Å². The smallest absolute Gasteiger partial charge is 0.331 e. The normalized spacial score (nSPS) is 9.30. The molecule has 0 saturated heterocycles. The van der Waals surface area contributed by atoms with Gasteiger partial charge < -0.3 is 4.84 Å². The van der Waals surface area contributed by atoms with Crippen molar-refractivity contribution in [1.29, 1.82) is 0 Å². The van der Waals surface area contributed by atoms with Crippen LogP contribution in [0, 0.1) is 0 Å². The molecule has 122 valence electrons. The molecule has 2 aromatic heterocycles. The first-order valence-electron chi connectivity index (χ1n) is 6.62. The molecule has 0 fully saturated rings. The lowest BCUT2D eigenvalue weighted by Gasteiger charge is -2.04. The van der Waals surface area contributed by atoms with Crippen molar-refractivity contribution in [3.8, 4) is 11.4 Å². The van der Waals surface area contributed by atoms with Crippen LogP contribution in [0.1, 0.15) is 13.3 Å². The highest BCUT2D eigenvalue weighted by molar-refractivity contribution is 8.21. The molecular weight excluding hydrogens is 334 g/mol. The van der Waals surface area contributed by atoms with Gasteiger partial charge in [-0.3, -0.25) is 15.8 Å². The molecule has 0 amide bonds. The van der Waals surface area contributed by atoms with E-state index in [0.29, 0.717) is 6.42 Å². The fraction of sp³-hybridized carbons (Fsp3) is 0.143. The van der Waals surface area contributed by atoms with Crippen LogP contribution in [-0.2, 0) is 9.63 Å². The second kappa shape index (κ2) is 11.5. The van der Waals surface area contributed by atoms with Gasteiger partial charge in [-0.25, -0.2) is 10.3 Å². The number of hydrazine groups is 1. The lowest BCUT2D eigenvalue weighted by molar-refractivity contribution is -0.147. The Morgan fingerprint density at radius 1 is 1.22 bits per heavy atom. The minimum absolute atomic E-state index is 0.259. The molecule has 0 atom stereocenters. The summed E-state index contributed by atoms with van der Waals surface area (Å²) >= 11 is 5.61. The van der Waals surface area contributed by atoms with Gasteiger partial charge in [0.15, 0.2) is 4.32 Å². The third-order valence-electron chi connectivity index (χ3n) is 2.28. The Morgan fingerprint density at radius 3 is 2.17 bits per heavy atom. The standard InChI is InChI=1S/C10H8N2.C4H9N3O2S2/c1-3-7-11-9(5-1)10-6-2-4-8-12-10;1-2-3(8)9-6-4(10)11-7-5/h1-8H;7H,2,5H2,1H3,(H,6,10). The predicted octanol–water partition coefficient (Wildman–Crippen LogP) is 1.98. The van der Waals surface area contributed by atoms with Gasteiger partial charge in [0.05, 0.1) is 11.4 Å². The van der Waals surface area contributed by atoms with Crippen LogP contribution >= 0.6 is 24.2 Å². The second-order valence-corrected chi connectivity index (χ2v) is 5.38. The van der Waals surface area contributed by atoms with Gasteiger partial charge in [0.25, 0.3) is 0 Å². The average molecular weight is 351 g/mol. The van der Waals surface area contributed by atoms with Gasteiger partial charge in [0, 0.05) is 30.8 Å².